The number of nitrogens with one attached hydrogen (secondary N) is 1. The first-order valence-corrected chi connectivity index (χ1v) is 9.19. The molecule has 0 spiro atoms. The molecule has 0 aliphatic rings. The fourth-order valence-corrected chi connectivity index (χ4v) is 2.77. The highest BCUT2D eigenvalue weighted by Crippen LogP contribution is 2.32. The van der Waals surface area contributed by atoms with Gasteiger partial charge in [-0.15, -0.1) is 0 Å². The number of ether oxygens (including phenoxy) is 2. The predicted molar refractivity (Wildman–Crippen MR) is 113 cm³/mol. The molecule has 3 aromatic carbocycles. The van der Waals surface area contributed by atoms with Crippen molar-refractivity contribution >= 4 is 11.6 Å². The van der Waals surface area contributed by atoms with Crippen molar-refractivity contribution in [2.75, 3.05) is 12.4 Å². The van der Waals surface area contributed by atoms with Gasteiger partial charge < -0.3 is 14.8 Å². The Kier molecular flexibility index (Phi) is 5.69. The number of benzene rings is 3. The minimum atomic E-state index is -0.198. The molecule has 0 unspecified atom stereocenters. The molecule has 3 aromatic rings. The van der Waals surface area contributed by atoms with Crippen LogP contribution in [-0.2, 0) is 5.41 Å². The van der Waals surface area contributed by atoms with Crippen molar-refractivity contribution < 1.29 is 14.3 Å². The van der Waals surface area contributed by atoms with Crippen molar-refractivity contribution in [1.82, 2.24) is 0 Å². The fourth-order valence-electron chi connectivity index (χ4n) is 2.77. The summed E-state index contributed by atoms with van der Waals surface area (Å²) in [6, 6.07) is 22.4. The van der Waals surface area contributed by atoms with Crippen molar-refractivity contribution in [3.8, 4) is 17.2 Å². The van der Waals surface area contributed by atoms with Gasteiger partial charge in [0.15, 0.2) is 0 Å². The third-order valence-electron chi connectivity index (χ3n) is 4.41. The zero-order valence-electron chi connectivity index (χ0n) is 16.7. The van der Waals surface area contributed by atoms with Crippen LogP contribution in [-0.4, -0.2) is 13.0 Å². The van der Waals surface area contributed by atoms with Gasteiger partial charge in [0.05, 0.1) is 12.8 Å². The summed E-state index contributed by atoms with van der Waals surface area (Å²) in [7, 11) is 1.59. The number of methoxy groups -OCH3 is 1. The number of anilines is 1. The van der Waals surface area contributed by atoms with Gasteiger partial charge in [-0.3, -0.25) is 4.79 Å². The van der Waals surface area contributed by atoms with Gasteiger partial charge in [-0.1, -0.05) is 45.0 Å². The number of carbonyl (C=O) groups excluding carboxylic acids is 1. The summed E-state index contributed by atoms with van der Waals surface area (Å²) in [5, 5.41) is 2.95. The molecule has 144 valence electrons. The molecule has 0 radical (unpaired) electrons. The van der Waals surface area contributed by atoms with E-state index in [2.05, 4.69) is 26.1 Å². The normalized spacial score (nSPS) is 11.0. The predicted octanol–water partition coefficient (Wildman–Crippen LogP) is 6.04. The summed E-state index contributed by atoms with van der Waals surface area (Å²) in [5.74, 6) is 1.86. The highest BCUT2D eigenvalue weighted by Gasteiger charge is 2.17. The maximum Gasteiger partial charge on any atom is 0.255 e. The second-order valence-electron chi connectivity index (χ2n) is 7.56. The van der Waals surface area contributed by atoms with Crippen LogP contribution in [0.25, 0.3) is 0 Å². The number of amides is 1. The van der Waals surface area contributed by atoms with Crippen molar-refractivity contribution in [2.45, 2.75) is 26.2 Å². The summed E-state index contributed by atoms with van der Waals surface area (Å²) < 4.78 is 11.2. The van der Waals surface area contributed by atoms with Crippen LogP contribution in [0, 0.1) is 0 Å². The van der Waals surface area contributed by atoms with Crippen molar-refractivity contribution in [3.63, 3.8) is 0 Å². The van der Waals surface area contributed by atoms with E-state index in [4.69, 9.17) is 9.47 Å². The van der Waals surface area contributed by atoms with Gasteiger partial charge in [-0.2, -0.15) is 0 Å². The van der Waals surface area contributed by atoms with E-state index in [1.165, 1.54) is 0 Å². The smallest absolute Gasteiger partial charge is 0.255 e. The highest BCUT2D eigenvalue weighted by atomic mass is 16.5. The average molecular weight is 375 g/mol. The number of hydrogen-bond acceptors (Lipinski definition) is 3. The number of hydrogen-bond donors (Lipinski definition) is 1. The average Bonchev–Trinajstić information content (AvgIpc) is 2.68. The van der Waals surface area contributed by atoms with Gasteiger partial charge in [0.25, 0.3) is 5.91 Å². The van der Waals surface area contributed by atoms with E-state index in [9.17, 15) is 4.79 Å². The number of carbonyl (C=O) groups is 1. The summed E-state index contributed by atoms with van der Waals surface area (Å²) >= 11 is 0. The molecule has 28 heavy (non-hydrogen) atoms. The van der Waals surface area contributed by atoms with E-state index in [0.29, 0.717) is 22.7 Å². The first-order valence-electron chi connectivity index (χ1n) is 9.19. The molecule has 4 heteroatoms. The molecule has 0 fully saturated rings. The van der Waals surface area contributed by atoms with E-state index in [1.54, 1.807) is 31.4 Å². The maximum atomic E-state index is 12.7. The summed E-state index contributed by atoms with van der Waals surface area (Å²) in [5.41, 5.74) is 2.30. The second kappa shape index (κ2) is 8.17. The van der Waals surface area contributed by atoms with Crippen LogP contribution < -0.4 is 14.8 Å². The van der Waals surface area contributed by atoms with Crippen LogP contribution in [0.3, 0.4) is 0 Å². The quantitative estimate of drug-likeness (QED) is 0.591. The lowest BCUT2D eigenvalue weighted by molar-refractivity contribution is 0.102. The van der Waals surface area contributed by atoms with Gasteiger partial charge in [0.1, 0.15) is 17.2 Å². The first kappa shape index (κ1) is 19.5. The molecule has 0 bridgehead atoms. The minimum Gasteiger partial charge on any atom is -0.495 e. The molecule has 0 aliphatic carbocycles. The Labute approximate surface area is 166 Å². The molecule has 0 heterocycles. The molecule has 0 saturated carbocycles. The van der Waals surface area contributed by atoms with Gasteiger partial charge in [0, 0.05) is 5.56 Å². The van der Waals surface area contributed by atoms with Crippen LogP contribution in [0.2, 0.25) is 0 Å². The Hall–Kier alpha value is -3.27. The Bertz CT molecular complexity index is 942. The van der Waals surface area contributed by atoms with Crippen molar-refractivity contribution in [1.29, 1.82) is 0 Å². The van der Waals surface area contributed by atoms with Crippen LogP contribution >= 0.6 is 0 Å². The van der Waals surface area contributed by atoms with Gasteiger partial charge >= 0.3 is 0 Å². The summed E-state index contributed by atoms with van der Waals surface area (Å²) in [4.78, 5) is 12.7. The summed E-state index contributed by atoms with van der Waals surface area (Å²) in [6.07, 6.45) is 0. The van der Waals surface area contributed by atoms with E-state index in [-0.39, 0.29) is 11.3 Å². The monoisotopic (exact) mass is 375 g/mol. The van der Waals surface area contributed by atoms with Gasteiger partial charge in [-0.25, -0.2) is 0 Å². The minimum absolute atomic E-state index is 0.0256. The summed E-state index contributed by atoms with van der Waals surface area (Å²) in [6.45, 7) is 6.39. The number of para-hydroxylation sites is 1. The van der Waals surface area contributed by atoms with Crippen molar-refractivity contribution in [3.05, 3.63) is 83.9 Å². The maximum absolute atomic E-state index is 12.7. The molecule has 3 rings (SSSR count). The highest BCUT2D eigenvalue weighted by molar-refractivity contribution is 6.05. The van der Waals surface area contributed by atoms with E-state index >= 15 is 0 Å². The van der Waals surface area contributed by atoms with E-state index in [1.807, 2.05) is 48.5 Å². The van der Waals surface area contributed by atoms with E-state index < -0.39 is 0 Å². The third-order valence-corrected chi connectivity index (χ3v) is 4.41. The molecule has 0 saturated heterocycles. The zero-order chi connectivity index (χ0) is 20.1. The second-order valence-corrected chi connectivity index (χ2v) is 7.56. The lowest BCUT2D eigenvalue weighted by atomic mass is 9.87. The SMILES string of the molecule is COc1ccc(C(C)(C)C)cc1NC(=O)c1ccc(Oc2ccccc2)cc1. The molecule has 1 amide bonds. The molecule has 0 aromatic heterocycles. The van der Waals surface area contributed by atoms with Crippen LogP contribution in [0.4, 0.5) is 5.69 Å². The van der Waals surface area contributed by atoms with Crippen LogP contribution in [0.15, 0.2) is 72.8 Å². The standard InChI is InChI=1S/C24H25NO3/c1-24(2,3)18-12-15-22(27-4)21(16-18)25-23(26)17-10-13-20(14-11-17)28-19-8-6-5-7-9-19/h5-16H,1-4H3,(H,25,26). The fraction of sp³-hybridized carbons (Fsp3) is 0.208. The topological polar surface area (TPSA) is 47.6 Å². The molecule has 4 nitrogen and oxygen atoms in total. The number of rotatable bonds is 5. The molecular weight excluding hydrogens is 350 g/mol. The molecule has 0 atom stereocenters. The lowest BCUT2D eigenvalue weighted by Crippen LogP contribution is -2.15. The lowest BCUT2D eigenvalue weighted by Gasteiger charge is -2.21. The third kappa shape index (κ3) is 4.71. The zero-order valence-corrected chi connectivity index (χ0v) is 16.7. The largest absolute Gasteiger partial charge is 0.495 e. The van der Waals surface area contributed by atoms with Crippen LogP contribution in [0.1, 0.15) is 36.7 Å². The first-order chi connectivity index (χ1) is 13.4. The van der Waals surface area contributed by atoms with E-state index in [0.717, 1.165) is 11.3 Å². The Morgan fingerprint density at radius 2 is 1.50 bits per heavy atom. The molecular formula is C24H25NO3. The Morgan fingerprint density at radius 3 is 2.11 bits per heavy atom. The molecule has 0 aliphatic heterocycles. The van der Waals surface area contributed by atoms with Crippen LogP contribution in [0.5, 0.6) is 17.2 Å². The van der Waals surface area contributed by atoms with Gasteiger partial charge in [0.2, 0.25) is 0 Å². The Morgan fingerprint density at radius 1 is 0.857 bits per heavy atom. The van der Waals surface area contributed by atoms with Gasteiger partial charge in [-0.05, 0) is 59.5 Å². The Balaban J connectivity index is 1.76. The molecule has 1 N–H and O–H groups in total. The van der Waals surface area contributed by atoms with Crippen molar-refractivity contribution in [2.24, 2.45) is 0 Å².